The molecule has 4 heterocycles. The Labute approximate surface area is 228 Å². The fourth-order valence-electron chi connectivity index (χ4n) is 5.12. The molecule has 6 rings (SSSR count). The molecule has 0 aliphatic carbocycles. The molecule has 1 atom stereocenters. The smallest absolute Gasteiger partial charge is 0.288 e. The van der Waals surface area contributed by atoms with Gasteiger partial charge in [0.05, 0.1) is 31.6 Å². The standard InChI is InChI=1S/C30H26FN5O2S/c1-18(36-29(37)26(31)14-25-24-13-22(32-2)6-7-27(24)39-30(25)36)20-4-3-5-21(12-20)28-34-15-23(16-35-28)38-17-19-8-10-33-11-9-19/h3-7,12-16,18-19,33H,8-11,17H2,1H3/t18-/m0/s1. The minimum absolute atomic E-state index is 0.448. The van der Waals surface area contributed by atoms with Crippen molar-refractivity contribution in [3.05, 3.63) is 94.1 Å². The van der Waals surface area contributed by atoms with Gasteiger partial charge in [-0.25, -0.2) is 19.2 Å². The van der Waals surface area contributed by atoms with E-state index in [1.807, 2.05) is 37.3 Å². The fourth-order valence-corrected chi connectivity index (χ4v) is 6.36. The summed E-state index contributed by atoms with van der Waals surface area (Å²) in [4.78, 5) is 26.3. The minimum atomic E-state index is -0.818. The number of hydrogen-bond donors (Lipinski definition) is 1. The number of aromatic nitrogens is 3. The number of fused-ring (bicyclic) bond motifs is 3. The van der Waals surface area contributed by atoms with E-state index in [1.54, 1.807) is 24.5 Å². The van der Waals surface area contributed by atoms with Crippen molar-refractivity contribution in [3.63, 3.8) is 0 Å². The molecular formula is C30H26FN5O2S. The third-order valence-electron chi connectivity index (χ3n) is 7.32. The van der Waals surface area contributed by atoms with Gasteiger partial charge in [0.25, 0.3) is 5.56 Å². The fraction of sp³-hybridized carbons (Fsp3) is 0.267. The summed E-state index contributed by atoms with van der Waals surface area (Å²) >= 11 is 1.42. The summed E-state index contributed by atoms with van der Waals surface area (Å²) in [7, 11) is 0. The third kappa shape index (κ3) is 4.89. The summed E-state index contributed by atoms with van der Waals surface area (Å²) < 4.78 is 23.2. The van der Waals surface area contributed by atoms with Crippen LogP contribution < -0.4 is 15.6 Å². The summed E-state index contributed by atoms with van der Waals surface area (Å²) in [5.41, 5.74) is 1.42. The lowest BCUT2D eigenvalue weighted by molar-refractivity contribution is 0.214. The van der Waals surface area contributed by atoms with E-state index < -0.39 is 17.4 Å². The molecule has 1 N–H and O–H groups in total. The number of pyridine rings is 1. The van der Waals surface area contributed by atoms with Crippen LogP contribution in [0.1, 0.15) is 31.4 Å². The number of thiophene rings is 1. The van der Waals surface area contributed by atoms with Crippen molar-refractivity contribution in [1.82, 2.24) is 19.9 Å². The lowest BCUT2D eigenvalue weighted by atomic mass is 9.99. The van der Waals surface area contributed by atoms with E-state index >= 15 is 0 Å². The summed E-state index contributed by atoms with van der Waals surface area (Å²) in [6.45, 7) is 11.9. The molecule has 0 spiro atoms. The van der Waals surface area contributed by atoms with E-state index in [2.05, 4.69) is 20.1 Å². The Morgan fingerprint density at radius 2 is 1.95 bits per heavy atom. The van der Waals surface area contributed by atoms with Crippen LogP contribution in [-0.4, -0.2) is 34.2 Å². The maximum Gasteiger partial charge on any atom is 0.288 e. The summed E-state index contributed by atoms with van der Waals surface area (Å²) in [6, 6.07) is 13.8. The lowest BCUT2D eigenvalue weighted by Gasteiger charge is -2.22. The molecule has 196 valence electrons. The van der Waals surface area contributed by atoms with E-state index in [1.165, 1.54) is 22.0 Å². The van der Waals surface area contributed by atoms with Crippen LogP contribution in [0.2, 0.25) is 0 Å². The first-order valence-electron chi connectivity index (χ1n) is 12.9. The number of nitrogens with one attached hydrogen (secondary N) is 1. The maximum absolute atomic E-state index is 14.9. The average molecular weight is 540 g/mol. The first-order valence-corrected chi connectivity index (χ1v) is 13.7. The van der Waals surface area contributed by atoms with Crippen molar-refractivity contribution in [2.75, 3.05) is 19.7 Å². The number of hydrogen-bond acceptors (Lipinski definition) is 6. The zero-order valence-electron chi connectivity index (χ0n) is 21.4. The molecule has 2 aromatic carbocycles. The average Bonchev–Trinajstić information content (AvgIpc) is 3.34. The highest BCUT2D eigenvalue weighted by Gasteiger charge is 2.20. The zero-order chi connectivity index (χ0) is 26.9. The second-order valence-electron chi connectivity index (χ2n) is 9.83. The summed E-state index contributed by atoms with van der Waals surface area (Å²) in [6.07, 6.45) is 5.59. The highest BCUT2D eigenvalue weighted by atomic mass is 32.1. The maximum atomic E-state index is 14.9. The van der Waals surface area contributed by atoms with Gasteiger partial charge in [0.15, 0.2) is 23.1 Å². The molecule has 1 saturated heterocycles. The highest BCUT2D eigenvalue weighted by molar-refractivity contribution is 7.25. The van der Waals surface area contributed by atoms with Crippen LogP contribution in [0.5, 0.6) is 5.75 Å². The number of halogens is 1. The lowest BCUT2D eigenvalue weighted by Crippen LogP contribution is -2.30. The van der Waals surface area contributed by atoms with Crippen molar-refractivity contribution < 1.29 is 9.13 Å². The summed E-state index contributed by atoms with van der Waals surface area (Å²) in [5.74, 6) is 0.907. The number of nitrogens with zero attached hydrogens (tertiary/aromatic N) is 4. The molecule has 0 radical (unpaired) electrons. The Kier molecular flexibility index (Phi) is 6.81. The molecule has 0 unspecified atom stereocenters. The number of piperidine rings is 1. The van der Waals surface area contributed by atoms with Gasteiger partial charge in [0.2, 0.25) is 0 Å². The second kappa shape index (κ2) is 10.6. The van der Waals surface area contributed by atoms with Gasteiger partial charge in [-0.2, -0.15) is 0 Å². The Bertz CT molecular complexity index is 1770. The first-order chi connectivity index (χ1) is 19.0. The van der Waals surface area contributed by atoms with Crippen molar-refractivity contribution in [2.45, 2.75) is 25.8 Å². The van der Waals surface area contributed by atoms with E-state index in [0.29, 0.717) is 40.0 Å². The number of rotatable bonds is 6. The molecule has 3 aromatic heterocycles. The molecule has 9 heteroatoms. The highest BCUT2D eigenvalue weighted by Crippen LogP contribution is 2.37. The third-order valence-corrected chi connectivity index (χ3v) is 8.51. The Morgan fingerprint density at radius 3 is 2.72 bits per heavy atom. The van der Waals surface area contributed by atoms with E-state index in [0.717, 1.165) is 47.1 Å². The van der Waals surface area contributed by atoms with Crippen LogP contribution in [-0.2, 0) is 0 Å². The molecular weight excluding hydrogens is 513 g/mol. The Morgan fingerprint density at radius 1 is 1.15 bits per heavy atom. The largest absolute Gasteiger partial charge is 0.490 e. The topological polar surface area (TPSA) is 73.4 Å². The molecule has 1 fully saturated rings. The molecule has 5 aromatic rings. The molecule has 7 nitrogen and oxygen atoms in total. The van der Waals surface area contributed by atoms with Crippen molar-refractivity contribution in [1.29, 1.82) is 0 Å². The van der Waals surface area contributed by atoms with Crippen molar-refractivity contribution >= 4 is 37.3 Å². The van der Waals surface area contributed by atoms with Gasteiger partial charge in [-0.05, 0) is 67.9 Å². The van der Waals surface area contributed by atoms with Crippen LogP contribution in [0.15, 0.2) is 65.7 Å². The van der Waals surface area contributed by atoms with Crippen LogP contribution >= 0.6 is 11.3 Å². The van der Waals surface area contributed by atoms with Crippen molar-refractivity contribution in [3.8, 4) is 17.1 Å². The van der Waals surface area contributed by atoms with Crippen LogP contribution in [0, 0.1) is 18.3 Å². The van der Waals surface area contributed by atoms with Gasteiger partial charge in [-0.1, -0.05) is 30.3 Å². The SMILES string of the molecule is [C-]#[N+]c1ccc2sc3c(cc(F)c(=O)n3[C@@H](C)c3cccc(-c4ncc(OCC5CCNCC5)cn4)c3)c2c1. The van der Waals surface area contributed by atoms with Gasteiger partial charge < -0.3 is 10.1 Å². The Balaban J connectivity index is 1.31. The summed E-state index contributed by atoms with van der Waals surface area (Å²) in [5, 5.41) is 4.76. The van der Waals surface area contributed by atoms with Gasteiger partial charge >= 0.3 is 0 Å². The monoisotopic (exact) mass is 539 g/mol. The number of benzene rings is 2. The normalized spacial score (nSPS) is 14.9. The minimum Gasteiger partial charge on any atom is -0.490 e. The van der Waals surface area contributed by atoms with Crippen LogP contribution in [0.4, 0.5) is 10.1 Å². The molecule has 1 aliphatic heterocycles. The second-order valence-corrected chi connectivity index (χ2v) is 10.9. The van der Waals surface area contributed by atoms with Crippen LogP contribution in [0.3, 0.4) is 0 Å². The zero-order valence-corrected chi connectivity index (χ0v) is 22.2. The van der Waals surface area contributed by atoms with Gasteiger partial charge in [0.1, 0.15) is 4.83 Å². The van der Waals surface area contributed by atoms with E-state index in [-0.39, 0.29) is 0 Å². The first kappa shape index (κ1) is 25.2. The van der Waals surface area contributed by atoms with Gasteiger partial charge in [0, 0.05) is 15.6 Å². The molecule has 0 saturated carbocycles. The molecule has 0 bridgehead atoms. The van der Waals surface area contributed by atoms with E-state index in [4.69, 9.17) is 11.3 Å². The van der Waals surface area contributed by atoms with E-state index in [9.17, 15) is 9.18 Å². The number of ether oxygens (including phenoxy) is 1. The van der Waals surface area contributed by atoms with Crippen molar-refractivity contribution in [2.24, 2.45) is 5.92 Å². The van der Waals surface area contributed by atoms with Gasteiger partial charge in [-0.15, -0.1) is 11.3 Å². The molecule has 0 amide bonds. The predicted octanol–water partition coefficient (Wildman–Crippen LogP) is 6.35. The molecule has 1 aliphatic rings. The quantitative estimate of drug-likeness (QED) is 0.255. The van der Waals surface area contributed by atoms with Gasteiger partial charge in [-0.3, -0.25) is 9.36 Å². The Hall–Kier alpha value is -4.13. The predicted molar refractivity (Wildman–Crippen MR) is 152 cm³/mol. The molecule has 39 heavy (non-hydrogen) atoms. The van der Waals surface area contributed by atoms with Crippen LogP contribution in [0.25, 0.3) is 36.5 Å².